The number of hydrogen-bond donors (Lipinski definition) is 2. The second kappa shape index (κ2) is 10.8. The second-order valence-corrected chi connectivity index (χ2v) is 7.76. The molecule has 2 N–H and O–H groups in total. The Labute approximate surface area is 206 Å². The molecular weight excluding hydrogens is 472 g/mol. The van der Waals surface area contributed by atoms with Crippen molar-refractivity contribution in [1.29, 1.82) is 0 Å². The van der Waals surface area contributed by atoms with Crippen LogP contribution in [-0.4, -0.2) is 31.2 Å². The van der Waals surface area contributed by atoms with Crippen LogP contribution in [0.2, 0.25) is 5.02 Å². The van der Waals surface area contributed by atoms with Gasteiger partial charge in [-0.1, -0.05) is 29.8 Å². The van der Waals surface area contributed by atoms with E-state index in [1.165, 1.54) is 18.2 Å². The topological polar surface area (TPSA) is 103 Å². The van der Waals surface area contributed by atoms with E-state index in [9.17, 15) is 14.4 Å². The molecule has 9 heteroatoms. The summed E-state index contributed by atoms with van der Waals surface area (Å²) in [5, 5.41) is 5.61. The molecular formula is C26H21ClN2O6. The highest BCUT2D eigenvalue weighted by Gasteiger charge is 2.18. The van der Waals surface area contributed by atoms with Crippen molar-refractivity contribution in [2.45, 2.75) is 6.92 Å². The van der Waals surface area contributed by atoms with Gasteiger partial charge in [0.1, 0.15) is 5.70 Å². The molecule has 0 spiro atoms. The lowest BCUT2D eigenvalue weighted by Gasteiger charge is -2.12. The first-order valence-electron chi connectivity index (χ1n) is 10.7. The molecule has 0 radical (unpaired) electrons. The summed E-state index contributed by atoms with van der Waals surface area (Å²) in [6.45, 7) is 2.09. The predicted molar refractivity (Wildman–Crippen MR) is 130 cm³/mol. The summed E-state index contributed by atoms with van der Waals surface area (Å²) in [6.07, 6.45) is 1.51. The first kappa shape index (κ1) is 23.8. The van der Waals surface area contributed by atoms with Crippen LogP contribution >= 0.6 is 11.6 Å². The smallest absolute Gasteiger partial charge is 0.338 e. The number of amides is 2. The predicted octanol–water partition coefficient (Wildman–Crippen LogP) is 4.66. The number of ether oxygens (including phenoxy) is 3. The van der Waals surface area contributed by atoms with E-state index < -0.39 is 17.8 Å². The van der Waals surface area contributed by atoms with Gasteiger partial charge in [0.25, 0.3) is 11.8 Å². The summed E-state index contributed by atoms with van der Waals surface area (Å²) in [6, 6.07) is 17.9. The molecule has 0 fully saturated rings. The van der Waals surface area contributed by atoms with Crippen LogP contribution in [0.3, 0.4) is 0 Å². The van der Waals surface area contributed by atoms with E-state index in [2.05, 4.69) is 10.6 Å². The van der Waals surface area contributed by atoms with Gasteiger partial charge in [-0.15, -0.1) is 0 Å². The minimum absolute atomic E-state index is 0.0248. The monoisotopic (exact) mass is 492 g/mol. The van der Waals surface area contributed by atoms with Gasteiger partial charge in [-0.2, -0.15) is 0 Å². The van der Waals surface area contributed by atoms with Crippen LogP contribution in [0, 0.1) is 0 Å². The number of benzene rings is 3. The number of halogens is 1. The standard InChI is InChI=1S/C26H21ClN2O6/c1-2-33-26(32)17-8-10-18(11-9-17)28-25(31)21(29-24(30)19-5-3-4-6-20(19)27)13-16-7-12-22-23(14-16)35-15-34-22/h3-14H,2,15H2,1H3,(H,28,31)(H,29,30). The van der Waals surface area contributed by atoms with Gasteiger partial charge in [-0.3, -0.25) is 9.59 Å². The molecule has 8 nitrogen and oxygen atoms in total. The van der Waals surface area contributed by atoms with Crippen LogP contribution in [0.25, 0.3) is 6.08 Å². The van der Waals surface area contributed by atoms with Gasteiger partial charge < -0.3 is 24.8 Å². The number of carbonyl (C=O) groups excluding carboxylic acids is 3. The third-order valence-electron chi connectivity index (χ3n) is 4.97. The van der Waals surface area contributed by atoms with Gasteiger partial charge in [-0.25, -0.2) is 4.79 Å². The van der Waals surface area contributed by atoms with Crippen molar-refractivity contribution in [3.63, 3.8) is 0 Å². The molecule has 2 amide bonds. The van der Waals surface area contributed by atoms with E-state index >= 15 is 0 Å². The van der Waals surface area contributed by atoms with E-state index in [0.29, 0.717) is 28.3 Å². The van der Waals surface area contributed by atoms with Gasteiger partial charge in [0.15, 0.2) is 11.5 Å². The normalized spacial score (nSPS) is 12.1. The molecule has 0 saturated carbocycles. The van der Waals surface area contributed by atoms with Crippen LogP contribution in [0.4, 0.5) is 5.69 Å². The molecule has 0 atom stereocenters. The van der Waals surface area contributed by atoms with Crippen molar-refractivity contribution in [3.8, 4) is 11.5 Å². The summed E-state index contributed by atoms with van der Waals surface area (Å²) in [4.78, 5) is 37.9. The summed E-state index contributed by atoms with van der Waals surface area (Å²) in [7, 11) is 0. The Kier molecular flexibility index (Phi) is 7.32. The van der Waals surface area contributed by atoms with Crippen LogP contribution in [-0.2, 0) is 9.53 Å². The van der Waals surface area contributed by atoms with Gasteiger partial charge in [-0.05, 0) is 67.1 Å². The Balaban J connectivity index is 1.59. The van der Waals surface area contributed by atoms with Crippen molar-refractivity contribution < 1.29 is 28.6 Å². The summed E-state index contributed by atoms with van der Waals surface area (Å²) in [5.74, 6) is -0.455. The Morgan fingerprint density at radius 1 is 1.00 bits per heavy atom. The lowest BCUT2D eigenvalue weighted by molar-refractivity contribution is -0.113. The Hall–Kier alpha value is -4.30. The molecule has 3 aromatic carbocycles. The number of nitrogens with one attached hydrogen (secondary N) is 2. The quantitative estimate of drug-likeness (QED) is 0.367. The van der Waals surface area contributed by atoms with Crippen LogP contribution in [0.5, 0.6) is 11.5 Å². The maximum Gasteiger partial charge on any atom is 0.338 e. The molecule has 4 rings (SSSR count). The number of anilines is 1. The lowest BCUT2D eigenvalue weighted by atomic mass is 10.1. The first-order valence-corrected chi connectivity index (χ1v) is 11.1. The average Bonchev–Trinajstić information content (AvgIpc) is 3.32. The number of carbonyl (C=O) groups is 3. The summed E-state index contributed by atoms with van der Waals surface area (Å²) in [5.41, 5.74) is 1.58. The van der Waals surface area contributed by atoms with Gasteiger partial charge in [0, 0.05) is 5.69 Å². The maximum absolute atomic E-state index is 13.1. The zero-order valence-electron chi connectivity index (χ0n) is 18.7. The highest BCUT2D eigenvalue weighted by molar-refractivity contribution is 6.34. The molecule has 35 heavy (non-hydrogen) atoms. The van der Waals surface area contributed by atoms with Gasteiger partial charge in [0.2, 0.25) is 6.79 Å². The van der Waals surface area contributed by atoms with Crippen molar-refractivity contribution in [2.24, 2.45) is 0 Å². The lowest BCUT2D eigenvalue weighted by Crippen LogP contribution is -2.31. The minimum atomic E-state index is -0.577. The molecule has 0 bridgehead atoms. The third-order valence-corrected chi connectivity index (χ3v) is 5.30. The highest BCUT2D eigenvalue weighted by atomic mass is 35.5. The second-order valence-electron chi connectivity index (χ2n) is 7.36. The largest absolute Gasteiger partial charge is 0.462 e. The van der Waals surface area contributed by atoms with Crippen molar-refractivity contribution in [3.05, 3.63) is 94.1 Å². The zero-order chi connectivity index (χ0) is 24.8. The number of fused-ring (bicyclic) bond motifs is 1. The number of rotatable bonds is 7. The highest BCUT2D eigenvalue weighted by Crippen LogP contribution is 2.33. The van der Waals surface area contributed by atoms with E-state index in [0.717, 1.165) is 0 Å². The third kappa shape index (κ3) is 5.80. The molecule has 1 aliphatic heterocycles. The minimum Gasteiger partial charge on any atom is -0.462 e. The van der Waals surface area contributed by atoms with Crippen LogP contribution < -0.4 is 20.1 Å². The van der Waals surface area contributed by atoms with Crippen molar-refractivity contribution in [2.75, 3.05) is 18.7 Å². The zero-order valence-corrected chi connectivity index (χ0v) is 19.4. The fourth-order valence-corrected chi connectivity index (χ4v) is 3.49. The first-order chi connectivity index (χ1) is 16.9. The molecule has 3 aromatic rings. The average molecular weight is 493 g/mol. The summed E-state index contributed by atoms with van der Waals surface area (Å²) < 4.78 is 15.7. The van der Waals surface area contributed by atoms with Crippen LogP contribution in [0.15, 0.2) is 72.4 Å². The van der Waals surface area contributed by atoms with Gasteiger partial charge >= 0.3 is 5.97 Å². The van der Waals surface area contributed by atoms with Crippen LogP contribution in [0.1, 0.15) is 33.2 Å². The number of hydrogen-bond acceptors (Lipinski definition) is 6. The molecule has 0 unspecified atom stereocenters. The fraction of sp³-hybridized carbons (Fsp3) is 0.115. The molecule has 1 aliphatic rings. The SMILES string of the molecule is CCOC(=O)c1ccc(NC(=O)C(=Cc2ccc3c(c2)OCO3)NC(=O)c2ccccc2Cl)cc1. The Bertz CT molecular complexity index is 1300. The Morgan fingerprint density at radius 3 is 2.49 bits per heavy atom. The van der Waals surface area contributed by atoms with Crippen molar-refractivity contribution in [1.82, 2.24) is 5.32 Å². The number of esters is 1. The molecule has 0 aromatic heterocycles. The van der Waals surface area contributed by atoms with Crippen molar-refractivity contribution >= 4 is 41.1 Å². The molecule has 0 aliphatic carbocycles. The van der Waals surface area contributed by atoms with Gasteiger partial charge in [0.05, 0.1) is 22.8 Å². The maximum atomic E-state index is 13.1. The van der Waals surface area contributed by atoms with E-state index in [1.807, 2.05) is 0 Å². The van der Waals surface area contributed by atoms with E-state index in [1.54, 1.807) is 61.5 Å². The van der Waals surface area contributed by atoms with E-state index in [-0.39, 0.29) is 29.7 Å². The fourth-order valence-electron chi connectivity index (χ4n) is 3.27. The molecule has 0 saturated heterocycles. The Morgan fingerprint density at radius 2 is 1.74 bits per heavy atom. The molecule has 178 valence electrons. The molecule has 1 heterocycles. The summed E-state index contributed by atoms with van der Waals surface area (Å²) >= 11 is 6.15. The van der Waals surface area contributed by atoms with E-state index in [4.69, 9.17) is 25.8 Å².